The van der Waals surface area contributed by atoms with Crippen molar-refractivity contribution in [3.05, 3.63) is 23.8 Å². The van der Waals surface area contributed by atoms with Crippen LogP contribution in [0.1, 0.15) is 5.56 Å². The molecular formula is C14H18N2O3. The number of hydrogen-bond acceptors (Lipinski definition) is 4. The van der Waals surface area contributed by atoms with Crippen molar-refractivity contribution in [3.8, 4) is 23.8 Å². The van der Waals surface area contributed by atoms with Gasteiger partial charge in [0.05, 0.1) is 13.7 Å². The van der Waals surface area contributed by atoms with E-state index >= 15 is 0 Å². The van der Waals surface area contributed by atoms with Gasteiger partial charge in [0.2, 0.25) is 0 Å². The summed E-state index contributed by atoms with van der Waals surface area (Å²) >= 11 is 0. The molecule has 1 rings (SSSR count). The molecular weight excluding hydrogens is 244 g/mol. The summed E-state index contributed by atoms with van der Waals surface area (Å²) in [5.41, 5.74) is 1.07. The zero-order chi connectivity index (χ0) is 14.1. The minimum Gasteiger partial charge on any atom is -0.493 e. The van der Waals surface area contributed by atoms with E-state index in [0.717, 1.165) is 12.1 Å². The molecule has 0 aliphatic carbocycles. The van der Waals surface area contributed by atoms with E-state index < -0.39 is 0 Å². The van der Waals surface area contributed by atoms with Crippen LogP contribution in [0.5, 0.6) is 11.5 Å². The maximum absolute atomic E-state index is 11.4. The van der Waals surface area contributed by atoms with Gasteiger partial charge < -0.3 is 20.1 Å². The number of ether oxygens (including phenoxy) is 2. The predicted molar refractivity (Wildman–Crippen MR) is 73.1 cm³/mol. The summed E-state index contributed by atoms with van der Waals surface area (Å²) in [5.74, 6) is 3.18. The first kappa shape index (κ1) is 14.9. The van der Waals surface area contributed by atoms with Crippen LogP contribution < -0.4 is 20.1 Å². The van der Waals surface area contributed by atoms with Crippen LogP contribution in [0, 0.1) is 12.3 Å². The van der Waals surface area contributed by atoms with Crippen LogP contribution in [0.25, 0.3) is 0 Å². The molecule has 0 saturated carbocycles. The second kappa shape index (κ2) is 8.01. The summed E-state index contributed by atoms with van der Waals surface area (Å²) in [6.45, 7) is 0.836. The topological polar surface area (TPSA) is 59.6 Å². The number of nitrogens with one attached hydrogen (secondary N) is 2. The molecule has 0 bridgehead atoms. The van der Waals surface area contributed by atoms with Gasteiger partial charge in [-0.25, -0.2) is 0 Å². The number of rotatable bonds is 7. The number of methoxy groups -OCH3 is 1. The van der Waals surface area contributed by atoms with Gasteiger partial charge in [0.15, 0.2) is 18.1 Å². The van der Waals surface area contributed by atoms with E-state index in [1.165, 1.54) is 0 Å². The van der Waals surface area contributed by atoms with Crippen molar-refractivity contribution in [2.45, 2.75) is 6.54 Å². The molecule has 0 unspecified atom stereocenters. The van der Waals surface area contributed by atoms with E-state index in [1.54, 1.807) is 13.2 Å². The van der Waals surface area contributed by atoms with Crippen molar-refractivity contribution in [2.24, 2.45) is 0 Å². The molecule has 0 heterocycles. The Labute approximate surface area is 113 Å². The molecule has 0 spiro atoms. The maximum Gasteiger partial charge on any atom is 0.258 e. The molecule has 0 radical (unpaired) electrons. The second-order valence-electron chi connectivity index (χ2n) is 3.79. The fourth-order valence-electron chi connectivity index (χ4n) is 1.49. The lowest BCUT2D eigenvalue weighted by Crippen LogP contribution is -2.29. The van der Waals surface area contributed by atoms with E-state index in [-0.39, 0.29) is 19.1 Å². The Morgan fingerprint density at radius 2 is 2.21 bits per heavy atom. The normalized spacial score (nSPS) is 9.53. The van der Waals surface area contributed by atoms with Crippen LogP contribution in [0.15, 0.2) is 18.2 Å². The average molecular weight is 262 g/mol. The molecule has 1 amide bonds. The molecule has 0 fully saturated rings. The van der Waals surface area contributed by atoms with Crippen molar-refractivity contribution in [1.29, 1.82) is 0 Å². The summed E-state index contributed by atoms with van der Waals surface area (Å²) in [6.07, 6.45) is 5.04. The third kappa shape index (κ3) is 4.90. The Kier molecular flexibility index (Phi) is 6.27. The van der Waals surface area contributed by atoms with E-state index in [2.05, 4.69) is 16.6 Å². The van der Waals surface area contributed by atoms with Gasteiger partial charge in [-0.15, -0.1) is 6.42 Å². The lowest BCUT2D eigenvalue weighted by Gasteiger charge is -2.11. The van der Waals surface area contributed by atoms with Crippen molar-refractivity contribution < 1.29 is 14.3 Å². The Balaban J connectivity index is 2.62. The van der Waals surface area contributed by atoms with Gasteiger partial charge in [0.1, 0.15) is 0 Å². The number of carbonyl (C=O) groups is 1. The first-order chi connectivity index (χ1) is 9.21. The summed E-state index contributed by atoms with van der Waals surface area (Å²) in [5, 5.41) is 5.57. The molecule has 102 valence electrons. The lowest BCUT2D eigenvalue weighted by atomic mass is 10.2. The fourth-order valence-corrected chi connectivity index (χ4v) is 1.49. The third-order valence-electron chi connectivity index (χ3n) is 2.36. The zero-order valence-electron chi connectivity index (χ0n) is 11.2. The molecule has 0 saturated heterocycles. The summed E-state index contributed by atoms with van der Waals surface area (Å²) in [6, 6.07) is 5.55. The Morgan fingerprint density at radius 1 is 1.42 bits per heavy atom. The van der Waals surface area contributed by atoms with Crippen molar-refractivity contribution in [2.75, 3.05) is 27.3 Å². The fraction of sp³-hybridized carbons (Fsp3) is 0.357. The van der Waals surface area contributed by atoms with Crippen LogP contribution in [0.4, 0.5) is 0 Å². The molecule has 19 heavy (non-hydrogen) atoms. The highest BCUT2D eigenvalue weighted by atomic mass is 16.5. The molecule has 1 aromatic rings. The van der Waals surface area contributed by atoms with E-state index in [1.807, 2.05) is 19.2 Å². The summed E-state index contributed by atoms with van der Waals surface area (Å²) in [7, 11) is 3.43. The standard InChI is InChI=1S/C14H18N2O3/c1-4-7-16-14(17)10-19-12-6-5-11(9-15-2)8-13(12)18-3/h1,5-6,8,15H,7,9-10H2,2-3H3,(H,16,17). The number of carbonyl (C=O) groups excluding carboxylic acids is 1. The molecule has 5 heteroatoms. The first-order valence-electron chi connectivity index (χ1n) is 5.85. The van der Waals surface area contributed by atoms with E-state index in [0.29, 0.717) is 11.5 Å². The van der Waals surface area contributed by atoms with Gasteiger partial charge in [-0.05, 0) is 24.7 Å². The predicted octanol–water partition coefficient (Wildman–Crippen LogP) is 0.543. The smallest absolute Gasteiger partial charge is 0.258 e. The number of benzene rings is 1. The van der Waals surface area contributed by atoms with Crippen molar-refractivity contribution >= 4 is 5.91 Å². The van der Waals surface area contributed by atoms with Crippen LogP contribution >= 0.6 is 0 Å². The molecule has 0 aliphatic heterocycles. The highest BCUT2D eigenvalue weighted by Gasteiger charge is 2.08. The van der Waals surface area contributed by atoms with Crippen LogP contribution in [0.3, 0.4) is 0 Å². The van der Waals surface area contributed by atoms with Crippen LogP contribution in [-0.2, 0) is 11.3 Å². The Hall–Kier alpha value is -2.19. The molecule has 0 aromatic heterocycles. The zero-order valence-corrected chi connectivity index (χ0v) is 11.2. The maximum atomic E-state index is 11.4. The summed E-state index contributed by atoms with van der Waals surface area (Å²) < 4.78 is 10.6. The quantitative estimate of drug-likeness (QED) is 0.704. The van der Waals surface area contributed by atoms with E-state index in [9.17, 15) is 4.79 Å². The molecule has 0 atom stereocenters. The molecule has 1 aromatic carbocycles. The second-order valence-corrected chi connectivity index (χ2v) is 3.79. The van der Waals surface area contributed by atoms with Gasteiger partial charge in [0, 0.05) is 6.54 Å². The Morgan fingerprint density at radius 3 is 2.84 bits per heavy atom. The van der Waals surface area contributed by atoms with Gasteiger partial charge in [0.25, 0.3) is 5.91 Å². The Bertz CT molecular complexity index is 466. The monoisotopic (exact) mass is 262 g/mol. The van der Waals surface area contributed by atoms with Gasteiger partial charge in [-0.2, -0.15) is 0 Å². The van der Waals surface area contributed by atoms with Gasteiger partial charge in [-0.3, -0.25) is 4.79 Å². The average Bonchev–Trinajstić information content (AvgIpc) is 2.43. The molecule has 2 N–H and O–H groups in total. The minimum atomic E-state index is -0.265. The van der Waals surface area contributed by atoms with Crippen molar-refractivity contribution in [3.63, 3.8) is 0 Å². The largest absolute Gasteiger partial charge is 0.493 e. The third-order valence-corrected chi connectivity index (χ3v) is 2.36. The number of hydrogen-bond donors (Lipinski definition) is 2. The highest BCUT2D eigenvalue weighted by molar-refractivity contribution is 5.77. The van der Waals surface area contributed by atoms with E-state index in [4.69, 9.17) is 15.9 Å². The highest BCUT2D eigenvalue weighted by Crippen LogP contribution is 2.27. The van der Waals surface area contributed by atoms with Crippen LogP contribution in [-0.4, -0.2) is 33.2 Å². The van der Waals surface area contributed by atoms with Gasteiger partial charge >= 0.3 is 0 Å². The van der Waals surface area contributed by atoms with Crippen LogP contribution in [0.2, 0.25) is 0 Å². The van der Waals surface area contributed by atoms with Crippen molar-refractivity contribution in [1.82, 2.24) is 10.6 Å². The molecule has 0 aliphatic rings. The number of terminal acetylenes is 1. The van der Waals surface area contributed by atoms with Gasteiger partial charge in [-0.1, -0.05) is 12.0 Å². The lowest BCUT2D eigenvalue weighted by molar-refractivity contribution is -0.122. The number of amides is 1. The molecule has 5 nitrogen and oxygen atoms in total. The minimum absolute atomic E-state index is 0.0938. The first-order valence-corrected chi connectivity index (χ1v) is 5.85. The SMILES string of the molecule is C#CCNC(=O)COc1ccc(CNC)cc1OC. The summed E-state index contributed by atoms with van der Waals surface area (Å²) in [4.78, 5) is 11.4.